The molecule has 0 atom stereocenters. The summed E-state index contributed by atoms with van der Waals surface area (Å²) in [6.45, 7) is 4.37. The van der Waals surface area contributed by atoms with Crippen LogP contribution in [0, 0.1) is 0 Å². The van der Waals surface area contributed by atoms with E-state index in [1.807, 2.05) is 19.1 Å². The zero-order valence-corrected chi connectivity index (χ0v) is 14.6. The number of para-hydroxylation sites is 1. The molecule has 5 heteroatoms. The molecule has 1 aromatic heterocycles. The lowest BCUT2D eigenvalue weighted by atomic mass is 9.95. The molecule has 1 aromatic carbocycles. The molecule has 0 radical (unpaired) electrons. The first-order valence-corrected chi connectivity index (χ1v) is 9.21. The van der Waals surface area contributed by atoms with Crippen LogP contribution < -0.4 is 10.6 Å². The monoisotopic (exact) mass is 328 g/mol. The van der Waals surface area contributed by atoms with Crippen molar-refractivity contribution in [1.82, 2.24) is 9.97 Å². The normalized spacial score (nSPS) is 15.5. The van der Waals surface area contributed by atoms with E-state index >= 15 is 0 Å². The number of hydrogen-bond donors (Lipinski definition) is 2. The first-order chi connectivity index (χ1) is 11.9. The molecule has 130 valence electrons. The third kappa shape index (κ3) is 4.57. The molecular formula is C19H28N4O. The van der Waals surface area contributed by atoms with Crippen LogP contribution in [0.3, 0.4) is 0 Å². The predicted octanol–water partition coefficient (Wildman–Crippen LogP) is 4.21. The van der Waals surface area contributed by atoms with Crippen LogP contribution in [0.25, 0.3) is 10.9 Å². The van der Waals surface area contributed by atoms with Crippen LogP contribution in [0.5, 0.6) is 0 Å². The maximum atomic E-state index is 5.37. The minimum atomic E-state index is 0.530. The van der Waals surface area contributed by atoms with Crippen LogP contribution in [0.1, 0.15) is 45.4 Å². The lowest BCUT2D eigenvalue weighted by Gasteiger charge is -2.24. The van der Waals surface area contributed by atoms with Gasteiger partial charge < -0.3 is 15.4 Å². The molecule has 2 N–H and O–H groups in total. The van der Waals surface area contributed by atoms with E-state index in [4.69, 9.17) is 9.72 Å². The van der Waals surface area contributed by atoms with Gasteiger partial charge in [-0.3, -0.25) is 0 Å². The Morgan fingerprint density at radius 2 is 1.96 bits per heavy atom. The lowest BCUT2D eigenvalue weighted by molar-refractivity contribution is 0.147. The highest BCUT2D eigenvalue weighted by Gasteiger charge is 2.16. The molecule has 0 saturated heterocycles. The Bertz CT molecular complexity index is 640. The van der Waals surface area contributed by atoms with Crippen molar-refractivity contribution < 1.29 is 4.74 Å². The second-order valence-corrected chi connectivity index (χ2v) is 6.37. The molecule has 1 heterocycles. The Kier molecular flexibility index (Phi) is 6.24. The lowest BCUT2D eigenvalue weighted by Crippen LogP contribution is -2.23. The second-order valence-electron chi connectivity index (χ2n) is 6.37. The van der Waals surface area contributed by atoms with E-state index < -0.39 is 0 Å². The molecule has 2 aromatic rings. The zero-order valence-electron chi connectivity index (χ0n) is 14.6. The fourth-order valence-electron chi connectivity index (χ4n) is 3.22. The molecule has 0 spiro atoms. The smallest absolute Gasteiger partial charge is 0.225 e. The van der Waals surface area contributed by atoms with Gasteiger partial charge in [0.15, 0.2) is 0 Å². The van der Waals surface area contributed by atoms with Gasteiger partial charge in [-0.25, -0.2) is 4.98 Å². The first kappa shape index (κ1) is 17.0. The molecule has 5 nitrogen and oxygen atoms in total. The van der Waals surface area contributed by atoms with E-state index in [1.54, 1.807) is 0 Å². The summed E-state index contributed by atoms with van der Waals surface area (Å²) in [7, 11) is 0. The minimum Gasteiger partial charge on any atom is -0.382 e. The average molecular weight is 328 g/mol. The summed E-state index contributed by atoms with van der Waals surface area (Å²) in [4.78, 5) is 9.38. The van der Waals surface area contributed by atoms with E-state index in [-0.39, 0.29) is 0 Å². The molecule has 0 amide bonds. The summed E-state index contributed by atoms with van der Waals surface area (Å²) >= 11 is 0. The van der Waals surface area contributed by atoms with Gasteiger partial charge in [-0.15, -0.1) is 0 Å². The molecule has 1 fully saturated rings. The van der Waals surface area contributed by atoms with Gasteiger partial charge in [0, 0.05) is 31.2 Å². The molecule has 0 aliphatic heterocycles. The first-order valence-electron chi connectivity index (χ1n) is 9.21. The van der Waals surface area contributed by atoms with E-state index in [0.29, 0.717) is 12.0 Å². The number of ether oxygens (including phenoxy) is 1. The van der Waals surface area contributed by atoms with E-state index in [2.05, 4.69) is 27.8 Å². The van der Waals surface area contributed by atoms with Crippen molar-refractivity contribution in [1.29, 1.82) is 0 Å². The van der Waals surface area contributed by atoms with Gasteiger partial charge >= 0.3 is 0 Å². The molecule has 24 heavy (non-hydrogen) atoms. The number of benzene rings is 1. The van der Waals surface area contributed by atoms with Crippen LogP contribution in [0.4, 0.5) is 11.8 Å². The van der Waals surface area contributed by atoms with Crippen LogP contribution in [0.2, 0.25) is 0 Å². The van der Waals surface area contributed by atoms with Crippen molar-refractivity contribution in [3.63, 3.8) is 0 Å². The van der Waals surface area contributed by atoms with Gasteiger partial charge in [0.25, 0.3) is 0 Å². The number of fused-ring (bicyclic) bond motifs is 1. The number of nitrogens with one attached hydrogen (secondary N) is 2. The highest BCUT2D eigenvalue weighted by atomic mass is 16.5. The molecule has 3 rings (SSSR count). The van der Waals surface area contributed by atoms with E-state index in [0.717, 1.165) is 42.9 Å². The molecule has 0 bridgehead atoms. The van der Waals surface area contributed by atoms with E-state index in [1.165, 1.54) is 32.1 Å². The third-order valence-corrected chi connectivity index (χ3v) is 4.50. The molecule has 1 aliphatic carbocycles. The fourth-order valence-corrected chi connectivity index (χ4v) is 3.22. The summed E-state index contributed by atoms with van der Waals surface area (Å²) < 4.78 is 5.37. The highest BCUT2D eigenvalue weighted by molar-refractivity contribution is 5.90. The van der Waals surface area contributed by atoms with Crippen molar-refractivity contribution in [3.8, 4) is 0 Å². The van der Waals surface area contributed by atoms with E-state index in [9.17, 15) is 0 Å². The van der Waals surface area contributed by atoms with Gasteiger partial charge in [0.1, 0.15) is 5.82 Å². The molecule has 0 unspecified atom stereocenters. The Morgan fingerprint density at radius 3 is 2.79 bits per heavy atom. The number of nitrogens with zero attached hydrogens (tertiary/aromatic N) is 2. The quantitative estimate of drug-likeness (QED) is 0.711. The number of anilines is 2. The maximum absolute atomic E-state index is 5.37. The largest absolute Gasteiger partial charge is 0.382 e. The van der Waals surface area contributed by atoms with Gasteiger partial charge in [-0.1, -0.05) is 31.4 Å². The number of aromatic nitrogens is 2. The summed E-state index contributed by atoms with van der Waals surface area (Å²) in [5.41, 5.74) is 0.984. The predicted molar refractivity (Wildman–Crippen MR) is 99.6 cm³/mol. The molecular weight excluding hydrogens is 300 g/mol. The molecule has 1 aliphatic rings. The van der Waals surface area contributed by atoms with Crippen LogP contribution >= 0.6 is 0 Å². The van der Waals surface area contributed by atoms with Gasteiger partial charge in [0.2, 0.25) is 5.95 Å². The number of hydrogen-bond acceptors (Lipinski definition) is 5. The Morgan fingerprint density at radius 1 is 1.12 bits per heavy atom. The third-order valence-electron chi connectivity index (χ3n) is 4.50. The second kappa shape index (κ2) is 8.83. The van der Waals surface area contributed by atoms with Crippen molar-refractivity contribution in [3.05, 3.63) is 24.3 Å². The standard InChI is InChI=1S/C19H28N4O/c1-2-24-14-8-13-20-19-22-17-12-7-6-11-16(17)18(23-19)21-15-9-4-3-5-10-15/h6-7,11-12,15H,2-5,8-10,13-14H2,1H3,(H2,20,21,22,23). The summed E-state index contributed by atoms with van der Waals surface area (Å²) in [6, 6.07) is 8.75. The molecule has 1 saturated carbocycles. The Balaban J connectivity index is 1.72. The summed E-state index contributed by atoms with van der Waals surface area (Å²) in [5, 5.41) is 8.09. The highest BCUT2D eigenvalue weighted by Crippen LogP contribution is 2.26. The number of rotatable bonds is 8. The van der Waals surface area contributed by atoms with Crippen LogP contribution in [0.15, 0.2) is 24.3 Å². The maximum Gasteiger partial charge on any atom is 0.225 e. The summed E-state index contributed by atoms with van der Waals surface area (Å²) in [6.07, 6.45) is 7.39. The fraction of sp³-hybridized carbons (Fsp3) is 0.579. The van der Waals surface area contributed by atoms with Gasteiger partial charge in [0.05, 0.1) is 5.52 Å². The zero-order chi connectivity index (χ0) is 16.6. The van der Waals surface area contributed by atoms with Gasteiger partial charge in [-0.2, -0.15) is 4.98 Å². The summed E-state index contributed by atoms with van der Waals surface area (Å²) in [5.74, 6) is 1.66. The van der Waals surface area contributed by atoms with Crippen molar-refractivity contribution in [2.45, 2.75) is 51.5 Å². The van der Waals surface area contributed by atoms with Crippen LogP contribution in [-0.2, 0) is 4.74 Å². The Hall–Kier alpha value is -1.88. The topological polar surface area (TPSA) is 59.1 Å². The minimum absolute atomic E-state index is 0.530. The SMILES string of the molecule is CCOCCCNc1nc(NC2CCCCC2)c2ccccc2n1. The van der Waals surface area contributed by atoms with Crippen molar-refractivity contribution in [2.75, 3.05) is 30.4 Å². The average Bonchev–Trinajstić information content (AvgIpc) is 2.62. The van der Waals surface area contributed by atoms with Crippen molar-refractivity contribution in [2.24, 2.45) is 0 Å². The Labute approximate surface area is 144 Å². The van der Waals surface area contributed by atoms with Gasteiger partial charge in [-0.05, 0) is 38.3 Å². The van der Waals surface area contributed by atoms with Crippen LogP contribution in [-0.4, -0.2) is 35.8 Å². The van der Waals surface area contributed by atoms with Crippen molar-refractivity contribution >= 4 is 22.7 Å².